The quantitative estimate of drug-likeness (QED) is 0.834. The summed E-state index contributed by atoms with van der Waals surface area (Å²) in [7, 11) is 1.63. The van der Waals surface area contributed by atoms with E-state index in [4.69, 9.17) is 4.74 Å². The molecule has 0 aliphatic heterocycles. The molecule has 0 atom stereocenters. The molecule has 3 heteroatoms. The van der Waals surface area contributed by atoms with Crippen LogP contribution in [-0.4, -0.2) is 12.1 Å². The lowest BCUT2D eigenvalue weighted by molar-refractivity contribution is 0.415. The third-order valence-corrected chi connectivity index (χ3v) is 2.72. The maximum atomic E-state index is 9.21. The second kappa shape index (κ2) is 3.90. The molecule has 0 aliphatic carbocycles. The molecule has 0 aliphatic rings. The highest BCUT2D eigenvalue weighted by atomic mass is 16.5. The molecular weight excluding hydrogens is 200 g/mol. The molecule has 1 aromatic heterocycles. The third kappa shape index (κ3) is 1.53. The number of nitriles is 1. The zero-order valence-corrected chi connectivity index (χ0v) is 9.66. The maximum Gasteiger partial charge on any atom is 0.119 e. The Kier molecular flexibility index (Phi) is 2.57. The summed E-state index contributed by atoms with van der Waals surface area (Å²) in [4.78, 5) is 3.29. The molecule has 82 valence electrons. The molecule has 2 rings (SSSR count). The van der Waals surface area contributed by atoms with E-state index in [2.05, 4.69) is 24.9 Å². The topological polar surface area (TPSA) is 48.8 Å². The van der Waals surface area contributed by atoms with E-state index in [0.717, 1.165) is 27.9 Å². The molecule has 0 saturated carbocycles. The number of nitrogens with one attached hydrogen (secondary N) is 1. The van der Waals surface area contributed by atoms with Crippen molar-refractivity contribution in [1.29, 1.82) is 5.26 Å². The molecule has 0 amide bonds. The zero-order chi connectivity index (χ0) is 11.7. The van der Waals surface area contributed by atoms with Crippen LogP contribution in [0.5, 0.6) is 5.75 Å². The van der Waals surface area contributed by atoms with Crippen LogP contribution in [0, 0.1) is 11.3 Å². The van der Waals surface area contributed by atoms with Crippen LogP contribution in [0.1, 0.15) is 31.0 Å². The molecule has 0 radical (unpaired) electrons. The van der Waals surface area contributed by atoms with Gasteiger partial charge in [0, 0.05) is 16.6 Å². The van der Waals surface area contributed by atoms with E-state index in [1.807, 2.05) is 18.2 Å². The number of aromatic nitrogens is 1. The maximum absolute atomic E-state index is 9.21. The van der Waals surface area contributed by atoms with Gasteiger partial charge in [-0.3, -0.25) is 0 Å². The molecule has 0 saturated heterocycles. The van der Waals surface area contributed by atoms with Gasteiger partial charge in [-0.2, -0.15) is 5.26 Å². The smallest absolute Gasteiger partial charge is 0.119 e. The van der Waals surface area contributed by atoms with Crippen molar-refractivity contribution >= 4 is 10.9 Å². The van der Waals surface area contributed by atoms with Crippen molar-refractivity contribution < 1.29 is 4.74 Å². The van der Waals surface area contributed by atoms with E-state index in [9.17, 15) is 5.26 Å². The second-order valence-electron chi connectivity index (χ2n) is 4.09. The number of fused-ring (bicyclic) bond motifs is 1. The van der Waals surface area contributed by atoms with E-state index in [0.29, 0.717) is 5.92 Å². The lowest BCUT2D eigenvalue weighted by atomic mass is 10.0. The first-order valence-electron chi connectivity index (χ1n) is 5.27. The molecule has 0 fully saturated rings. The standard InChI is InChI=1S/C13H14N2O/c1-8(2)13-11(7-14)10-6-9(16-3)4-5-12(10)15-13/h4-6,8,15H,1-3H3. The molecular formula is C13H14N2O. The van der Waals surface area contributed by atoms with E-state index in [1.165, 1.54) is 0 Å². The van der Waals surface area contributed by atoms with Gasteiger partial charge in [-0.05, 0) is 24.1 Å². The summed E-state index contributed by atoms with van der Waals surface area (Å²) in [5.41, 5.74) is 2.70. The summed E-state index contributed by atoms with van der Waals surface area (Å²) in [6.07, 6.45) is 0. The van der Waals surface area contributed by atoms with E-state index < -0.39 is 0 Å². The number of ether oxygens (including phenoxy) is 1. The lowest BCUT2D eigenvalue weighted by Crippen LogP contribution is -1.89. The predicted octanol–water partition coefficient (Wildman–Crippen LogP) is 3.17. The molecule has 2 aromatic rings. The van der Waals surface area contributed by atoms with Gasteiger partial charge in [0.25, 0.3) is 0 Å². The summed E-state index contributed by atoms with van der Waals surface area (Å²) in [6.45, 7) is 4.14. The molecule has 3 nitrogen and oxygen atoms in total. The summed E-state index contributed by atoms with van der Waals surface area (Å²) in [5.74, 6) is 1.09. The van der Waals surface area contributed by atoms with Crippen LogP contribution in [0.4, 0.5) is 0 Å². The molecule has 0 spiro atoms. The number of methoxy groups -OCH3 is 1. The van der Waals surface area contributed by atoms with Crippen molar-refractivity contribution in [3.63, 3.8) is 0 Å². The summed E-state index contributed by atoms with van der Waals surface area (Å²) in [6, 6.07) is 8.00. The molecule has 0 bridgehead atoms. The molecule has 1 heterocycles. The van der Waals surface area contributed by atoms with Crippen molar-refractivity contribution in [2.75, 3.05) is 7.11 Å². The fourth-order valence-electron chi connectivity index (χ4n) is 1.87. The monoisotopic (exact) mass is 214 g/mol. The summed E-state index contributed by atoms with van der Waals surface area (Å²) < 4.78 is 5.17. The Labute approximate surface area is 94.7 Å². The van der Waals surface area contributed by atoms with Gasteiger partial charge in [-0.15, -0.1) is 0 Å². The molecule has 0 unspecified atom stereocenters. The minimum atomic E-state index is 0.313. The molecule has 1 N–H and O–H groups in total. The summed E-state index contributed by atoms with van der Waals surface area (Å²) >= 11 is 0. The fourth-order valence-corrected chi connectivity index (χ4v) is 1.87. The minimum absolute atomic E-state index is 0.313. The number of aromatic amines is 1. The SMILES string of the molecule is COc1ccc2[nH]c(C(C)C)c(C#N)c2c1. The van der Waals surface area contributed by atoms with Gasteiger partial charge in [-0.25, -0.2) is 0 Å². The van der Waals surface area contributed by atoms with E-state index in [1.54, 1.807) is 7.11 Å². The second-order valence-corrected chi connectivity index (χ2v) is 4.09. The number of rotatable bonds is 2. The highest BCUT2D eigenvalue weighted by molar-refractivity contribution is 5.88. The number of hydrogen-bond donors (Lipinski definition) is 1. The van der Waals surface area contributed by atoms with Gasteiger partial charge < -0.3 is 9.72 Å². The Morgan fingerprint density at radius 3 is 2.69 bits per heavy atom. The van der Waals surface area contributed by atoms with E-state index in [-0.39, 0.29) is 0 Å². The van der Waals surface area contributed by atoms with Crippen LogP contribution in [0.25, 0.3) is 10.9 Å². The molecule has 1 aromatic carbocycles. The summed E-state index contributed by atoms with van der Waals surface area (Å²) in [5, 5.41) is 10.1. The van der Waals surface area contributed by atoms with Gasteiger partial charge in [0.15, 0.2) is 0 Å². The molecule has 16 heavy (non-hydrogen) atoms. The van der Waals surface area contributed by atoms with Crippen LogP contribution in [0.3, 0.4) is 0 Å². The number of hydrogen-bond acceptors (Lipinski definition) is 2. The van der Waals surface area contributed by atoms with Crippen LogP contribution >= 0.6 is 0 Å². The van der Waals surface area contributed by atoms with Gasteiger partial charge in [0.2, 0.25) is 0 Å². The largest absolute Gasteiger partial charge is 0.497 e. The third-order valence-electron chi connectivity index (χ3n) is 2.72. The number of nitrogens with zero attached hydrogens (tertiary/aromatic N) is 1. The number of benzene rings is 1. The first-order valence-corrected chi connectivity index (χ1v) is 5.27. The minimum Gasteiger partial charge on any atom is -0.497 e. The highest BCUT2D eigenvalue weighted by Gasteiger charge is 2.14. The first-order chi connectivity index (χ1) is 7.67. The van der Waals surface area contributed by atoms with Crippen molar-refractivity contribution in [2.45, 2.75) is 19.8 Å². The van der Waals surface area contributed by atoms with Gasteiger partial charge in [0.1, 0.15) is 11.8 Å². The Morgan fingerprint density at radius 2 is 2.12 bits per heavy atom. The van der Waals surface area contributed by atoms with Crippen molar-refractivity contribution in [3.05, 3.63) is 29.5 Å². The lowest BCUT2D eigenvalue weighted by Gasteiger charge is -2.00. The zero-order valence-electron chi connectivity index (χ0n) is 9.66. The van der Waals surface area contributed by atoms with Crippen LogP contribution in [-0.2, 0) is 0 Å². The van der Waals surface area contributed by atoms with Crippen molar-refractivity contribution in [3.8, 4) is 11.8 Å². The Hall–Kier alpha value is -1.95. The van der Waals surface area contributed by atoms with Gasteiger partial charge >= 0.3 is 0 Å². The average molecular weight is 214 g/mol. The van der Waals surface area contributed by atoms with Crippen LogP contribution < -0.4 is 4.74 Å². The number of H-pyrrole nitrogens is 1. The average Bonchev–Trinajstić information content (AvgIpc) is 2.66. The van der Waals surface area contributed by atoms with Crippen LogP contribution in [0.2, 0.25) is 0 Å². The van der Waals surface area contributed by atoms with Gasteiger partial charge in [-0.1, -0.05) is 13.8 Å². The van der Waals surface area contributed by atoms with Crippen molar-refractivity contribution in [1.82, 2.24) is 4.98 Å². The highest BCUT2D eigenvalue weighted by Crippen LogP contribution is 2.29. The predicted molar refractivity (Wildman–Crippen MR) is 63.7 cm³/mol. The van der Waals surface area contributed by atoms with Crippen LogP contribution in [0.15, 0.2) is 18.2 Å². The Bertz CT molecular complexity index is 561. The normalized spacial score (nSPS) is 10.7. The Morgan fingerprint density at radius 1 is 1.38 bits per heavy atom. The van der Waals surface area contributed by atoms with E-state index >= 15 is 0 Å². The first kappa shape index (κ1) is 10.6. The Balaban J connectivity index is 2.74. The van der Waals surface area contributed by atoms with Gasteiger partial charge in [0.05, 0.1) is 12.7 Å². The van der Waals surface area contributed by atoms with Crippen molar-refractivity contribution in [2.24, 2.45) is 0 Å². The fraction of sp³-hybridized carbons (Fsp3) is 0.308.